The van der Waals surface area contributed by atoms with Gasteiger partial charge in [-0.2, -0.15) is 0 Å². The molecule has 1 amide bonds. The molecule has 2 saturated heterocycles. The zero-order valence-electron chi connectivity index (χ0n) is 16.3. The van der Waals surface area contributed by atoms with Crippen molar-refractivity contribution in [2.75, 3.05) is 39.3 Å². The Hall–Kier alpha value is -1.89. The van der Waals surface area contributed by atoms with Crippen LogP contribution in [0.3, 0.4) is 0 Å². The van der Waals surface area contributed by atoms with Crippen molar-refractivity contribution < 1.29 is 9.21 Å². The van der Waals surface area contributed by atoms with Crippen LogP contribution < -0.4 is 5.32 Å². The van der Waals surface area contributed by atoms with Crippen LogP contribution in [0.5, 0.6) is 0 Å². The van der Waals surface area contributed by atoms with Gasteiger partial charge in [-0.3, -0.25) is 9.69 Å². The van der Waals surface area contributed by atoms with E-state index in [1.807, 2.05) is 31.2 Å². The lowest BCUT2D eigenvalue weighted by molar-refractivity contribution is -0.130. The number of benzene rings is 1. The molecule has 0 spiro atoms. The summed E-state index contributed by atoms with van der Waals surface area (Å²) in [5.41, 5.74) is 1.81. The van der Waals surface area contributed by atoms with Gasteiger partial charge in [-0.25, -0.2) is 4.98 Å². The first-order chi connectivity index (χ1) is 13.6. The van der Waals surface area contributed by atoms with E-state index in [4.69, 9.17) is 16.0 Å². The molecule has 3 heterocycles. The van der Waals surface area contributed by atoms with E-state index in [0.29, 0.717) is 17.5 Å². The lowest BCUT2D eigenvalue weighted by atomic mass is 9.99. The predicted octanol–water partition coefficient (Wildman–Crippen LogP) is 2.95. The topological polar surface area (TPSA) is 61.6 Å². The second-order valence-electron chi connectivity index (χ2n) is 7.77. The first kappa shape index (κ1) is 19.4. The highest BCUT2D eigenvalue weighted by atomic mass is 35.5. The van der Waals surface area contributed by atoms with E-state index in [1.165, 1.54) is 25.9 Å². The number of amides is 1. The molecule has 1 aromatic carbocycles. The van der Waals surface area contributed by atoms with Crippen molar-refractivity contribution in [3.05, 3.63) is 40.7 Å². The second kappa shape index (κ2) is 8.64. The summed E-state index contributed by atoms with van der Waals surface area (Å²) >= 11 is 5.94. The zero-order valence-corrected chi connectivity index (χ0v) is 17.0. The highest BCUT2D eigenvalue weighted by Crippen LogP contribution is 2.26. The fourth-order valence-electron chi connectivity index (χ4n) is 3.85. The van der Waals surface area contributed by atoms with Gasteiger partial charge >= 0.3 is 0 Å². The molecule has 150 valence electrons. The van der Waals surface area contributed by atoms with Gasteiger partial charge in [-0.15, -0.1) is 0 Å². The van der Waals surface area contributed by atoms with E-state index in [-0.39, 0.29) is 11.8 Å². The molecular weight excluding hydrogens is 376 g/mol. The first-order valence-electron chi connectivity index (χ1n) is 10.0. The number of rotatable bonds is 7. The number of carbonyl (C=O) groups is 1. The van der Waals surface area contributed by atoms with Crippen molar-refractivity contribution in [3.63, 3.8) is 0 Å². The minimum absolute atomic E-state index is 0.0811. The van der Waals surface area contributed by atoms with Gasteiger partial charge in [-0.1, -0.05) is 11.6 Å². The number of hydrogen-bond donors (Lipinski definition) is 1. The predicted molar refractivity (Wildman–Crippen MR) is 109 cm³/mol. The van der Waals surface area contributed by atoms with Crippen LogP contribution in [0.4, 0.5) is 0 Å². The number of carbonyl (C=O) groups excluding carboxylic acids is 1. The van der Waals surface area contributed by atoms with Gasteiger partial charge in [0.25, 0.3) is 0 Å². The summed E-state index contributed by atoms with van der Waals surface area (Å²) in [7, 11) is 0. The lowest BCUT2D eigenvalue weighted by Gasteiger charge is -2.37. The molecule has 0 aliphatic carbocycles. The summed E-state index contributed by atoms with van der Waals surface area (Å²) in [5, 5.41) is 3.78. The van der Waals surface area contributed by atoms with Crippen molar-refractivity contribution in [2.45, 2.75) is 26.3 Å². The molecule has 0 saturated carbocycles. The molecule has 0 radical (unpaired) electrons. The number of nitrogens with one attached hydrogen (secondary N) is 1. The van der Waals surface area contributed by atoms with Crippen LogP contribution in [0.2, 0.25) is 5.02 Å². The van der Waals surface area contributed by atoms with Gasteiger partial charge in [0.05, 0.1) is 18.2 Å². The van der Waals surface area contributed by atoms with Gasteiger partial charge in [0.2, 0.25) is 11.8 Å². The molecule has 0 bridgehead atoms. The number of nitrogens with zero attached hydrogens (tertiary/aromatic N) is 3. The van der Waals surface area contributed by atoms with Crippen molar-refractivity contribution in [3.8, 4) is 11.5 Å². The van der Waals surface area contributed by atoms with Gasteiger partial charge < -0.3 is 14.6 Å². The Balaban J connectivity index is 1.23. The Kier molecular flexibility index (Phi) is 5.99. The number of hydrogen-bond acceptors (Lipinski definition) is 5. The van der Waals surface area contributed by atoms with Crippen LogP contribution in [0.15, 0.2) is 28.7 Å². The largest absolute Gasteiger partial charge is 0.440 e. The molecule has 0 unspecified atom stereocenters. The molecule has 2 aliphatic heterocycles. The van der Waals surface area contributed by atoms with Crippen LogP contribution in [-0.4, -0.2) is 60.0 Å². The number of likely N-dealkylation sites (tertiary alicyclic amines) is 2. The first-order valence-corrected chi connectivity index (χ1v) is 10.4. The lowest BCUT2D eigenvalue weighted by Crippen LogP contribution is -2.53. The molecular formula is C21H27ClN4O2. The average molecular weight is 403 g/mol. The number of halogens is 1. The minimum atomic E-state index is 0.0811. The van der Waals surface area contributed by atoms with Crippen LogP contribution in [0, 0.1) is 12.8 Å². The fraction of sp³-hybridized carbons (Fsp3) is 0.524. The number of aryl methyl sites for hydroxylation is 1. The van der Waals surface area contributed by atoms with Gasteiger partial charge in [-0.05, 0) is 57.1 Å². The van der Waals surface area contributed by atoms with Gasteiger partial charge in [0.15, 0.2) is 0 Å². The number of oxazole rings is 1. The third kappa shape index (κ3) is 4.57. The molecule has 4 rings (SSSR count). The van der Waals surface area contributed by atoms with Crippen molar-refractivity contribution in [1.82, 2.24) is 20.1 Å². The van der Waals surface area contributed by atoms with Crippen LogP contribution in [-0.2, 0) is 11.3 Å². The molecule has 7 heteroatoms. The molecule has 2 fully saturated rings. The van der Waals surface area contributed by atoms with Crippen molar-refractivity contribution >= 4 is 17.5 Å². The van der Waals surface area contributed by atoms with E-state index < -0.39 is 0 Å². The molecule has 1 N–H and O–H groups in total. The SMILES string of the molecule is Cc1nc(-c2ccc(Cl)cc2)oc1CN1CC(C(=O)NCCN2CCCC2)C1. The van der Waals surface area contributed by atoms with Gasteiger partial charge in [0.1, 0.15) is 5.76 Å². The highest BCUT2D eigenvalue weighted by Gasteiger charge is 2.33. The fourth-order valence-corrected chi connectivity index (χ4v) is 3.97. The summed E-state index contributed by atoms with van der Waals surface area (Å²) in [6, 6.07) is 7.48. The maximum Gasteiger partial charge on any atom is 0.226 e. The Morgan fingerprint density at radius 2 is 1.93 bits per heavy atom. The monoisotopic (exact) mass is 402 g/mol. The Bertz CT molecular complexity index is 808. The summed E-state index contributed by atoms with van der Waals surface area (Å²) in [5.74, 6) is 1.72. The summed E-state index contributed by atoms with van der Waals surface area (Å²) in [4.78, 5) is 21.5. The quantitative estimate of drug-likeness (QED) is 0.771. The number of aromatic nitrogens is 1. The second-order valence-corrected chi connectivity index (χ2v) is 8.20. The molecule has 28 heavy (non-hydrogen) atoms. The smallest absolute Gasteiger partial charge is 0.226 e. The van der Waals surface area contributed by atoms with Crippen LogP contribution in [0.1, 0.15) is 24.3 Å². The molecule has 1 aromatic heterocycles. The third-order valence-corrected chi connectivity index (χ3v) is 5.86. The molecule has 2 aromatic rings. The normalized spacial score (nSPS) is 18.4. The van der Waals surface area contributed by atoms with E-state index in [1.54, 1.807) is 0 Å². The zero-order chi connectivity index (χ0) is 19.5. The van der Waals surface area contributed by atoms with Crippen LogP contribution >= 0.6 is 11.6 Å². The summed E-state index contributed by atoms with van der Waals surface area (Å²) in [6.07, 6.45) is 2.57. The summed E-state index contributed by atoms with van der Waals surface area (Å²) < 4.78 is 5.96. The minimum Gasteiger partial charge on any atom is -0.440 e. The van der Waals surface area contributed by atoms with E-state index in [0.717, 1.165) is 43.2 Å². The van der Waals surface area contributed by atoms with Crippen LogP contribution in [0.25, 0.3) is 11.5 Å². The third-order valence-electron chi connectivity index (χ3n) is 5.60. The molecule has 0 atom stereocenters. The Morgan fingerprint density at radius 3 is 2.64 bits per heavy atom. The van der Waals surface area contributed by atoms with Crippen molar-refractivity contribution in [1.29, 1.82) is 0 Å². The molecule has 6 nitrogen and oxygen atoms in total. The van der Waals surface area contributed by atoms with E-state index >= 15 is 0 Å². The Labute approximate surface area is 170 Å². The van der Waals surface area contributed by atoms with E-state index in [2.05, 4.69) is 20.1 Å². The maximum absolute atomic E-state index is 12.3. The van der Waals surface area contributed by atoms with Gasteiger partial charge in [0, 0.05) is 36.8 Å². The maximum atomic E-state index is 12.3. The highest BCUT2D eigenvalue weighted by molar-refractivity contribution is 6.30. The average Bonchev–Trinajstić information content (AvgIpc) is 3.28. The van der Waals surface area contributed by atoms with E-state index in [9.17, 15) is 4.79 Å². The standard InChI is InChI=1S/C21H27ClN4O2/c1-15-19(28-21(24-15)16-4-6-18(22)7-5-16)14-26-12-17(13-26)20(27)23-8-11-25-9-2-3-10-25/h4-7,17H,2-3,8-14H2,1H3,(H,23,27). The molecule has 2 aliphatic rings. The van der Waals surface area contributed by atoms with Crippen molar-refractivity contribution in [2.24, 2.45) is 5.92 Å². The Morgan fingerprint density at radius 1 is 1.21 bits per heavy atom. The summed E-state index contributed by atoms with van der Waals surface area (Å²) in [6.45, 7) is 8.24.